The standard InChI is InChI=1S/C16H14FNO3/c1-18(14-9-5-3-7-12(14)16(20)21)15(19)10-11-6-2-4-8-13(11)17/h2-9H,10H2,1H3,(H,20,21). The Morgan fingerprint density at radius 2 is 1.71 bits per heavy atom. The molecule has 5 heteroatoms. The number of carboxylic acids is 1. The molecule has 21 heavy (non-hydrogen) atoms. The second-order valence-electron chi connectivity index (χ2n) is 4.54. The van der Waals surface area contributed by atoms with Crippen LogP contribution in [0.3, 0.4) is 0 Å². The molecule has 1 amide bonds. The average molecular weight is 287 g/mol. The first kappa shape index (κ1) is 14.7. The Labute approximate surface area is 121 Å². The molecule has 0 fully saturated rings. The lowest BCUT2D eigenvalue weighted by molar-refractivity contribution is -0.117. The van der Waals surface area contributed by atoms with E-state index in [1.54, 1.807) is 30.3 Å². The van der Waals surface area contributed by atoms with E-state index >= 15 is 0 Å². The van der Waals surface area contributed by atoms with E-state index in [0.29, 0.717) is 0 Å². The molecule has 0 aliphatic heterocycles. The number of halogens is 1. The molecule has 0 atom stereocenters. The predicted molar refractivity (Wildman–Crippen MR) is 76.9 cm³/mol. The van der Waals surface area contributed by atoms with E-state index in [4.69, 9.17) is 5.11 Å². The Kier molecular flexibility index (Phi) is 4.33. The Hall–Kier alpha value is -2.69. The number of anilines is 1. The summed E-state index contributed by atoms with van der Waals surface area (Å²) >= 11 is 0. The summed E-state index contributed by atoms with van der Waals surface area (Å²) in [6.45, 7) is 0. The molecule has 0 aliphatic carbocycles. The van der Waals surface area contributed by atoms with Gasteiger partial charge in [0.1, 0.15) is 5.82 Å². The fourth-order valence-electron chi connectivity index (χ4n) is 2.00. The van der Waals surface area contributed by atoms with Gasteiger partial charge in [-0.3, -0.25) is 4.79 Å². The van der Waals surface area contributed by atoms with Crippen LogP contribution in [0.25, 0.3) is 0 Å². The van der Waals surface area contributed by atoms with Gasteiger partial charge in [-0.15, -0.1) is 0 Å². The first-order chi connectivity index (χ1) is 10.0. The maximum atomic E-state index is 13.6. The molecule has 108 valence electrons. The molecule has 0 unspecified atom stereocenters. The van der Waals surface area contributed by atoms with E-state index in [1.165, 1.54) is 30.1 Å². The van der Waals surface area contributed by atoms with Crippen molar-refractivity contribution in [3.8, 4) is 0 Å². The summed E-state index contributed by atoms with van der Waals surface area (Å²) in [5, 5.41) is 9.13. The van der Waals surface area contributed by atoms with E-state index in [1.807, 2.05) is 0 Å². The molecule has 0 radical (unpaired) electrons. The molecule has 1 N–H and O–H groups in total. The second-order valence-corrected chi connectivity index (χ2v) is 4.54. The van der Waals surface area contributed by atoms with Crippen LogP contribution in [0.4, 0.5) is 10.1 Å². The number of benzene rings is 2. The summed E-state index contributed by atoms with van der Waals surface area (Å²) < 4.78 is 13.6. The third-order valence-electron chi connectivity index (χ3n) is 3.17. The lowest BCUT2D eigenvalue weighted by Gasteiger charge is -2.19. The molecule has 0 aromatic heterocycles. The van der Waals surface area contributed by atoms with Crippen molar-refractivity contribution in [3.63, 3.8) is 0 Å². The largest absolute Gasteiger partial charge is 0.478 e. The van der Waals surface area contributed by atoms with Crippen LogP contribution < -0.4 is 4.90 Å². The van der Waals surface area contributed by atoms with Gasteiger partial charge in [0.2, 0.25) is 5.91 Å². The number of amides is 1. The zero-order chi connectivity index (χ0) is 15.4. The highest BCUT2D eigenvalue weighted by Crippen LogP contribution is 2.20. The summed E-state index contributed by atoms with van der Waals surface area (Å²) in [6, 6.07) is 12.2. The number of hydrogen-bond acceptors (Lipinski definition) is 2. The number of rotatable bonds is 4. The van der Waals surface area contributed by atoms with Crippen molar-refractivity contribution in [3.05, 3.63) is 65.5 Å². The van der Waals surface area contributed by atoms with Gasteiger partial charge in [0, 0.05) is 7.05 Å². The number of hydrogen-bond donors (Lipinski definition) is 1. The molecule has 0 spiro atoms. The number of aromatic carboxylic acids is 1. The van der Waals surface area contributed by atoms with E-state index in [-0.39, 0.29) is 29.1 Å². The summed E-state index contributed by atoms with van der Waals surface area (Å²) in [6.07, 6.45) is -0.128. The highest BCUT2D eigenvalue weighted by Gasteiger charge is 2.18. The topological polar surface area (TPSA) is 57.6 Å². The van der Waals surface area contributed by atoms with Crippen LogP contribution in [-0.2, 0) is 11.2 Å². The van der Waals surface area contributed by atoms with Crippen LogP contribution in [0.5, 0.6) is 0 Å². The van der Waals surface area contributed by atoms with Crippen molar-refractivity contribution in [1.82, 2.24) is 0 Å². The molecule has 0 saturated heterocycles. The monoisotopic (exact) mass is 287 g/mol. The molecule has 2 aromatic carbocycles. The van der Waals surface area contributed by atoms with Crippen molar-refractivity contribution >= 4 is 17.6 Å². The maximum absolute atomic E-state index is 13.6. The predicted octanol–water partition coefficient (Wildman–Crippen LogP) is 2.73. The van der Waals surface area contributed by atoms with Gasteiger partial charge in [0.25, 0.3) is 0 Å². The van der Waals surface area contributed by atoms with Gasteiger partial charge in [0.15, 0.2) is 0 Å². The highest BCUT2D eigenvalue weighted by molar-refractivity contribution is 6.02. The van der Waals surface area contributed by atoms with Gasteiger partial charge in [-0.05, 0) is 23.8 Å². The van der Waals surface area contributed by atoms with Crippen molar-refractivity contribution in [2.24, 2.45) is 0 Å². The van der Waals surface area contributed by atoms with Crippen LogP contribution in [0.2, 0.25) is 0 Å². The third kappa shape index (κ3) is 3.25. The first-order valence-electron chi connectivity index (χ1n) is 6.33. The zero-order valence-corrected chi connectivity index (χ0v) is 11.4. The Morgan fingerprint density at radius 1 is 1.10 bits per heavy atom. The molecule has 4 nitrogen and oxygen atoms in total. The van der Waals surface area contributed by atoms with Crippen molar-refractivity contribution in [2.75, 3.05) is 11.9 Å². The van der Waals surface area contributed by atoms with E-state index in [9.17, 15) is 14.0 Å². The second kappa shape index (κ2) is 6.17. The van der Waals surface area contributed by atoms with Crippen LogP contribution in [0.1, 0.15) is 15.9 Å². The quantitative estimate of drug-likeness (QED) is 0.940. The number of carbonyl (C=O) groups is 2. The Bertz CT molecular complexity index is 685. The Balaban J connectivity index is 2.24. The highest BCUT2D eigenvalue weighted by atomic mass is 19.1. The molecular weight excluding hydrogens is 273 g/mol. The zero-order valence-electron chi connectivity index (χ0n) is 11.4. The fourth-order valence-corrected chi connectivity index (χ4v) is 2.00. The van der Waals surface area contributed by atoms with Crippen LogP contribution >= 0.6 is 0 Å². The van der Waals surface area contributed by atoms with Gasteiger partial charge >= 0.3 is 5.97 Å². The fraction of sp³-hybridized carbons (Fsp3) is 0.125. The van der Waals surface area contributed by atoms with Crippen molar-refractivity contribution in [2.45, 2.75) is 6.42 Å². The summed E-state index contributed by atoms with van der Waals surface area (Å²) in [5.41, 5.74) is 0.593. The van der Waals surface area contributed by atoms with Crippen LogP contribution in [-0.4, -0.2) is 24.0 Å². The molecule has 2 rings (SSSR count). The van der Waals surface area contributed by atoms with Crippen molar-refractivity contribution in [1.29, 1.82) is 0 Å². The molecule has 0 bridgehead atoms. The first-order valence-corrected chi connectivity index (χ1v) is 6.33. The normalized spacial score (nSPS) is 10.2. The van der Waals surface area contributed by atoms with Gasteiger partial charge in [-0.25, -0.2) is 9.18 Å². The van der Waals surface area contributed by atoms with Gasteiger partial charge in [-0.2, -0.15) is 0 Å². The molecular formula is C16H14FNO3. The maximum Gasteiger partial charge on any atom is 0.337 e. The SMILES string of the molecule is CN(C(=O)Cc1ccccc1F)c1ccccc1C(=O)O. The van der Waals surface area contributed by atoms with Gasteiger partial charge < -0.3 is 10.0 Å². The third-order valence-corrected chi connectivity index (χ3v) is 3.17. The minimum Gasteiger partial charge on any atom is -0.478 e. The van der Waals surface area contributed by atoms with Crippen molar-refractivity contribution < 1.29 is 19.1 Å². The lowest BCUT2D eigenvalue weighted by atomic mass is 10.1. The summed E-state index contributed by atoms with van der Waals surface area (Å²) in [7, 11) is 1.48. The van der Waals surface area contributed by atoms with Crippen LogP contribution in [0, 0.1) is 5.82 Å². The van der Waals surface area contributed by atoms with E-state index in [2.05, 4.69) is 0 Å². The smallest absolute Gasteiger partial charge is 0.337 e. The number of carbonyl (C=O) groups excluding carboxylic acids is 1. The number of likely N-dealkylation sites (N-methyl/N-ethyl adjacent to an activating group) is 1. The Morgan fingerprint density at radius 3 is 2.38 bits per heavy atom. The number of carboxylic acid groups (broad SMARTS) is 1. The van der Waals surface area contributed by atoms with Gasteiger partial charge in [0.05, 0.1) is 17.7 Å². The minimum absolute atomic E-state index is 0.0295. The summed E-state index contributed by atoms with van der Waals surface area (Å²) in [4.78, 5) is 24.6. The summed E-state index contributed by atoms with van der Waals surface area (Å²) in [5.74, 6) is -1.95. The van der Waals surface area contributed by atoms with E-state index in [0.717, 1.165) is 0 Å². The molecule has 0 heterocycles. The lowest BCUT2D eigenvalue weighted by Crippen LogP contribution is -2.29. The van der Waals surface area contributed by atoms with Crippen LogP contribution in [0.15, 0.2) is 48.5 Å². The van der Waals surface area contributed by atoms with E-state index < -0.39 is 11.8 Å². The molecule has 0 saturated carbocycles. The number of para-hydroxylation sites is 1. The molecule has 2 aromatic rings. The minimum atomic E-state index is -1.11. The molecule has 0 aliphatic rings. The average Bonchev–Trinajstić information content (AvgIpc) is 2.48. The van der Waals surface area contributed by atoms with Gasteiger partial charge in [-0.1, -0.05) is 30.3 Å². The number of nitrogens with zero attached hydrogens (tertiary/aromatic N) is 1.